The van der Waals surface area contributed by atoms with Gasteiger partial charge in [-0.05, 0) is 88.7 Å². The van der Waals surface area contributed by atoms with Crippen molar-refractivity contribution in [1.29, 1.82) is 0 Å². The normalized spacial score (nSPS) is 14.7. The van der Waals surface area contributed by atoms with Crippen molar-refractivity contribution in [2.75, 3.05) is 4.90 Å². The van der Waals surface area contributed by atoms with Gasteiger partial charge in [-0.1, -0.05) is 23.7 Å². The summed E-state index contributed by atoms with van der Waals surface area (Å²) < 4.78 is 6.52. The van der Waals surface area contributed by atoms with Gasteiger partial charge in [0.15, 0.2) is 0 Å². The number of aryl methyl sites for hydroxylation is 1. The topological polar surface area (TPSA) is 119 Å². The summed E-state index contributed by atoms with van der Waals surface area (Å²) in [4.78, 5) is 49.1. The van der Waals surface area contributed by atoms with E-state index in [2.05, 4.69) is 27.9 Å². The van der Waals surface area contributed by atoms with Crippen LogP contribution in [0, 0.1) is 20.6 Å². The molecule has 1 N–H and O–H groups in total. The maximum absolute atomic E-state index is 13.1. The first-order valence-electron chi connectivity index (χ1n) is 10.5. The molecule has 3 aromatic rings. The van der Waals surface area contributed by atoms with Gasteiger partial charge in [-0.25, -0.2) is 9.69 Å². The first-order valence-corrected chi connectivity index (χ1v) is 11.9. The van der Waals surface area contributed by atoms with Gasteiger partial charge in [-0.3, -0.25) is 25.0 Å². The Morgan fingerprint density at radius 1 is 1.08 bits per heavy atom. The minimum Gasteiger partial charge on any atom is -0.488 e. The highest BCUT2D eigenvalue weighted by Gasteiger charge is 2.37. The van der Waals surface area contributed by atoms with Crippen LogP contribution in [0.3, 0.4) is 0 Å². The second-order valence-electron chi connectivity index (χ2n) is 7.79. The molecule has 1 heterocycles. The van der Waals surface area contributed by atoms with Crippen molar-refractivity contribution in [3.63, 3.8) is 0 Å². The molecule has 0 atom stereocenters. The molecule has 182 valence electrons. The lowest BCUT2D eigenvalue weighted by atomic mass is 10.1. The van der Waals surface area contributed by atoms with E-state index < -0.39 is 22.8 Å². The zero-order chi connectivity index (χ0) is 26.0. The van der Waals surface area contributed by atoms with E-state index in [0.717, 1.165) is 16.0 Å². The average molecular weight is 618 g/mol. The number of nitrogens with one attached hydrogen (secondary N) is 1. The third-order valence-corrected chi connectivity index (χ3v) is 6.57. The van der Waals surface area contributed by atoms with Crippen molar-refractivity contribution in [3.8, 4) is 5.75 Å². The van der Waals surface area contributed by atoms with E-state index in [4.69, 9.17) is 16.3 Å². The quantitative estimate of drug-likeness (QED) is 0.130. The van der Waals surface area contributed by atoms with Crippen molar-refractivity contribution < 1.29 is 24.0 Å². The zero-order valence-corrected chi connectivity index (χ0v) is 21.6. The number of ether oxygens (including phenoxy) is 1. The van der Waals surface area contributed by atoms with Crippen LogP contribution in [0.25, 0.3) is 6.08 Å². The van der Waals surface area contributed by atoms with E-state index in [1.807, 2.05) is 0 Å². The lowest BCUT2D eigenvalue weighted by molar-refractivity contribution is -0.384. The van der Waals surface area contributed by atoms with E-state index in [0.29, 0.717) is 19.9 Å². The molecular weight excluding hydrogens is 601 g/mol. The summed E-state index contributed by atoms with van der Waals surface area (Å²) in [7, 11) is 0. The van der Waals surface area contributed by atoms with E-state index in [-0.39, 0.29) is 23.6 Å². The van der Waals surface area contributed by atoms with Gasteiger partial charge in [0.25, 0.3) is 17.5 Å². The number of carbonyl (C=O) groups is 3. The third-order valence-electron chi connectivity index (χ3n) is 5.32. The molecule has 4 rings (SSSR count). The van der Waals surface area contributed by atoms with Crippen LogP contribution in [-0.2, 0) is 16.2 Å². The molecule has 0 spiro atoms. The van der Waals surface area contributed by atoms with E-state index in [1.165, 1.54) is 24.3 Å². The lowest BCUT2D eigenvalue weighted by Gasteiger charge is -2.26. The summed E-state index contributed by atoms with van der Waals surface area (Å²) >= 11 is 8.21. The minimum absolute atomic E-state index is 0.00208. The first kappa shape index (κ1) is 25.3. The van der Waals surface area contributed by atoms with Crippen LogP contribution in [-0.4, -0.2) is 22.8 Å². The number of urea groups is 1. The number of amides is 4. The van der Waals surface area contributed by atoms with Gasteiger partial charge >= 0.3 is 6.03 Å². The van der Waals surface area contributed by atoms with Crippen LogP contribution < -0.4 is 15.0 Å². The number of nitro groups is 1. The summed E-state index contributed by atoms with van der Waals surface area (Å²) in [5, 5.41) is 13.4. The number of imide groups is 2. The standard InChI is InChI=1S/C25H17ClIN3O6/c1-14-2-6-18(12-20(14)26)29-24(32)19(23(31)28-25(29)33)10-16-5-9-22(21(27)11-16)36-13-15-3-7-17(8-4-15)30(34)35/h2-12H,13H2,1H3,(H,28,31,33)/b19-10-. The molecule has 0 saturated carbocycles. The lowest BCUT2D eigenvalue weighted by Crippen LogP contribution is -2.54. The molecule has 0 aromatic heterocycles. The monoisotopic (exact) mass is 617 g/mol. The highest BCUT2D eigenvalue weighted by atomic mass is 127. The fourth-order valence-electron chi connectivity index (χ4n) is 3.38. The molecule has 1 aliphatic heterocycles. The number of halogens is 2. The largest absolute Gasteiger partial charge is 0.488 e. The van der Waals surface area contributed by atoms with Crippen LogP contribution in [0.1, 0.15) is 16.7 Å². The molecule has 0 radical (unpaired) electrons. The predicted octanol–water partition coefficient (Wildman–Crippen LogP) is 5.41. The van der Waals surface area contributed by atoms with E-state index in [1.54, 1.807) is 49.4 Å². The number of nitrogens with zero attached hydrogens (tertiary/aromatic N) is 2. The Balaban J connectivity index is 1.53. The highest BCUT2D eigenvalue weighted by molar-refractivity contribution is 14.1. The van der Waals surface area contributed by atoms with Crippen LogP contribution in [0.5, 0.6) is 5.75 Å². The van der Waals surface area contributed by atoms with Gasteiger partial charge in [0, 0.05) is 17.2 Å². The average Bonchev–Trinajstić information content (AvgIpc) is 2.83. The molecule has 11 heteroatoms. The van der Waals surface area contributed by atoms with Crippen molar-refractivity contribution in [2.24, 2.45) is 0 Å². The number of anilines is 1. The number of nitro benzene ring substituents is 1. The molecule has 1 aliphatic rings. The van der Waals surface area contributed by atoms with Gasteiger partial charge in [0.05, 0.1) is 14.2 Å². The number of carbonyl (C=O) groups excluding carboxylic acids is 3. The van der Waals surface area contributed by atoms with E-state index in [9.17, 15) is 24.5 Å². The summed E-state index contributed by atoms with van der Waals surface area (Å²) in [5.41, 5.74) is 2.13. The Bertz CT molecular complexity index is 1440. The molecule has 0 unspecified atom stereocenters. The number of barbiturate groups is 1. The molecule has 0 aliphatic carbocycles. The number of benzene rings is 3. The fraction of sp³-hybridized carbons (Fsp3) is 0.0800. The van der Waals surface area contributed by atoms with Gasteiger partial charge in [-0.2, -0.15) is 0 Å². The summed E-state index contributed by atoms with van der Waals surface area (Å²) in [6.07, 6.45) is 1.40. The molecule has 0 bridgehead atoms. The molecule has 4 amide bonds. The third kappa shape index (κ3) is 5.39. The van der Waals surface area contributed by atoms with Crippen LogP contribution in [0.15, 0.2) is 66.2 Å². The highest BCUT2D eigenvalue weighted by Crippen LogP contribution is 2.28. The van der Waals surface area contributed by atoms with Gasteiger partial charge in [-0.15, -0.1) is 0 Å². The Kier molecular flexibility index (Phi) is 7.36. The molecule has 36 heavy (non-hydrogen) atoms. The van der Waals surface area contributed by atoms with Crippen LogP contribution in [0.2, 0.25) is 5.02 Å². The Labute approximate surface area is 224 Å². The summed E-state index contributed by atoms with van der Waals surface area (Å²) in [6, 6.07) is 15.0. The second kappa shape index (κ2) is 10.5. The van der Waals surface area contributed by atoms with Crippen LogP contribution in [0.4, 0.5) is 16.2 Å². The SMILES string of the molecule is Cc1ccc(N2C(=O)NC(=O)/C(=C/c3ccc(OCc4ccc([N+](=O)[O-])cc4)c(I)c3)C2=O)cc1Cl. The Morgan fingerprint density at radius 3 is 2.44 bits per heavy atom. The number of non-ortho nitro benzene ring substituents is 1. The molecule has 1 fully saturated rings. The first-order chi connectivity index (χ1) is 17.1. The van der Waals surface area contributed by atoms with Crippen molar-refractivity contribution in [1.82, 2.24) is 5.32 Å². The summed E-state index contributed by atoms with van der Waals surface area (Å²) in [5.74, 6) is -1.01. The Hall–Kier alpha value is -3.77. The molecule has 3 aromatic carbocycles. The van der Waals surface area contributed by atoms with Crippen molar-refractivity contribution in [2.45, 2.75) is 13.5 Å². The van der Waals surface area contributed by atoms with Gasteiger partial charge in [0.1, 0.15) is 17.9 Å². The van der Waals surface area contributed by atoms with Gasteiger partial charge in [0.2, 0.25) is 0 Å². The molecule has 1 saturated heterocycles. The number of rotatable bonds is 6. The number of hydrogen-bond donors (Lipinski definition) is 1. The smallest absolute Gasteiger partial charge is 0.335 e. The molecule has 9 nitrogen and oxygen atoms in total. The minimum atomic E-state index is -0.855. The van der Waals surface area contributed by atoms with Crippen LogP contribution >= 0.6 is 34.2 Å². The zero-order valence-electron chi connectivity index (χ0n) is 18.7. The maximum Gasteiger partial charge on any atom is 0.335 e. The van der Waals surface area contributed by atoms with E-state index >= 15 is 0 Å². The predicted molar refractivity (Wildman–Crippen MR) is 142 cm³/mol. The molecular formula is C25H17ClIN3O6. The Morgan fingerprint density at radius 2 is 1.81 bits per heavy atom. The number of hydrogen-bond acceptors (Lipinski definition) is 6. The van der Waals surface area contributed by atoms with Crippen molar-refractivity contribution >= 4 is 69.5 Å². The maximum atomic E-state index is 13.1. The summed E-state index contributed by atoms with van der Waals surface area (Å²) in [6.45, 7) is 1.99. The van der Waals surface area contributed by atoms with Crippen molar-refractivity contribution in [3.05, 3.63) is 102 Å². The fourth-order valence-corrected chi connectivity index (χ4v) is 4.25. The van der Waals surface area contributed by atoms with Gasteiger partial charge < -0.3 is 4.74 Å². The second-order valence-corrected chi connectivity index (χ2v) is 9.36.